The number of rotatable bonds is 12. The molecule has 0 amide bonds. The third kappa shape index (κ3) is 7.24. The first-order valence-electron chi connectivity index (χ1n) is 11.6. The van der Waals surface area contributed by atoms with Crippen LogP contribution in [-0.2, 0) is 11.2 Å². The molecule has 7 nitrogen and oxygen atoms in total. The lowest BCUT2D eigenvalue weighted by molar-refractivity contribution is -0.113. The number of nitrogens with one attached hydrogen (secondary N) is 1. The molecule has 3 aromatic carbocycles. The molecule has 0 aliphatic heterocycles. The van der Waals surface area contributed by atoms with Crippen LogP contribution < -0.4 is 24.3 Å². The van der Waals surface area contributed by atoms with E-state index in [-0.39, 0.29) is 18.0 Å². The maximum absolute atomic E-state index is 12.8. The molecule has 3 rings (SSSR count). The Hall–Kier alpha value is -4.52. The third-order valence-corrected chi connectivity index (χ3v) is 5.64. The Bertz CT molecular complexity index is 1280. The Morgan fingerprint density at radius 3 is 2.03 bits per heavy atom. The van der Waals surface area contributed by atoms with Gasteiger partial charge >= 0.3 is 0 Å². The molecule has 0 atom stereocenters. The fourth-order valence-corrected chi connectivity index (χ4v) is 3.63. The predicted molar refractivity (Wildman–Crippen MR) is 145 cm³/mol. The van der Waals surface area contributed by atoms with Gasteiger partial charge in [-0.05, 0) is 36.8 Å². The lowest BCUT2D eigenvalue weighted by atomic mass is 10.1. The van der Waals surface area contributed by atoms with E-state index >= 15 is 0 Å². The van der Waals surface area contributed by atoms with E-state index < -0.39 is 0 Å². The second kappa shape index (κ2) is 13.0. The summed E-state index contributed by atoms with van der Waals surface area (Å²) in [6.07, 6.45) is 6.35. The molecule has 0 heterocycles. The van der Waals surface area contributed by atoms with E-state index in [2.05, 4.69) is 5.32 Å². The highest BCUT2D eigenvalue weighted by molar-refractivity contribution is 6.04. The summed E-state index contributed by atoms with van der Waals surface area (Å²) < 4.78 is 21.6. The number of aryl methyl sites for hydroxylation is 1. The standard InChI is InChI=1S/C30H31NO6/c1-20-6-9-22(10-7-20)27(33)14-15-31-26-17-21(8-13-28(26)35-3)16-23(32)11-12-25-29(36-4)18-24(34-2)19-30(25)37-5/h6-15,17-19,31H,16H2,1-5H3/b12-11+,15-14-. The van der Waals surface area contributed by atoms with Crippen LogP contribution >= 0.6 is 0 Å². The lowest BCUT2D eigenvalue weighted by Gasteiger charge is -2.12. The van der Waals surface area contributed by atoms with Crippen molar-refractivity contribution in [3.63, 3.8) is 0 Å². The highest BCUT2D eigenvalue weighted by Gasteiger charge is 2.12. The van der Waals surface area contributed by atoms with Crippen LogP contribution in [0.3, 0.4) is 0 Å². The van der Waals surface area contributed by atoms with E-state index in [0.29, 0.717) is 39.8 Å². The molecule has 37 heavy (non-hydrogen) atoms. The average Bonchev–Trinajstić information content (AvgIpc) is 2.91. The number of methoxy groups -OCH3 is 4. The number of carbonyl (C=O) groups is 2. The number of hydrogen-bond acceptors (Lipinski definition) is 7. The number of anilines is 1. The van der Waals surface area contributed by atoms with E-state index in [9.17, 15) is 9.59 Å². The molecule has 0 fully saturated rings. The van der Waals surface area contributed by atoms with E-state index in [1.165, 1.54) is 12.2 Å². The van der Waals surface area contributed by atoms with Gasteiger partial charge in [-0.2, -0.15) is 0 Å². The Morgan fingerprint density at radius 2 is 1.43 bits per heavy atom. The van der Waals surface area contributed by atoms with Crippen molar-refractivity contribution < 1.29 is 28.5 Å². The highest BCUT2D eigenvalue weighted by atomic mass is 16.5. The summed E-state index contributed by atoms with van der Waals surface area (Å²) in [7, 11) is 6.21. The summed E-state index contributed by atoms with van der Waals surface area (Å²) >= 11 is 0. The maximum atomic E-state index is 12.8. The van der Waals surface area contributed by atoms with Crippen LogP contribution in [-0.4, -0.2) is 40.0 Å². The van der Waals surface area contributed by atoms with E-state index in [1.807, 2.05) is 31.2 Å². The molecule has 0 aliphatic rings. The molecule has 0 saturated heterocycles. The van der Waals surface area contributed by atoms with Crippen molar-refractivity contribution in [3.8, 4) is 23.0 Å². The summed E-state index contributed by atoms with van der Waals surface area (Å²) in [6, 6.07) is 16.3. The van der Waals surface area contributed by atoms with Crippen LogP contribution in [0, 0.1) is 6.92 Å². The molecule has 7 heteroatoms. The zero-order valence-corrected chi connectivity index (χ0v) is 21.7. The minimum Gasteiger partial charge on any atom is -0.496 e. The molecule has 3 aromatic rings. The largest absolute Gasteiger partial charge is 0.496 e. The first-order chi connectivity index (χ1) is 17.9. The average molecular weight is 502 g/mol. The van der Waals surface area contributed by atoms with E-state index in [4.69, 9.17) is 18.9 Å². The molecule has 0 bridgehead atoms. The number of benzene rings is 3. The molecule has 0 radical (unpaired) electrons. The van der Waals surface area contributed by atoms with Crippen molar-refractivity contribution in [1.82, 2.24) is 0 Å². The monoisotopic (exact) mass is 501 g/mol. The molecule has 0 aromatic heterocycles. The lowest BCUT2D eigenvalue weighted by Crippen LogP contribution is -2.02. The highest BCUT2D eigenvalue weighted by Crippen LogP contribution is 2.35. The van der Waals surface area contributed by atoms with Crippen LogP contribution in [0.4, 0.5) is 5.69 Å². The molecule has 0 unspecified atom stereocenters. The van der Waals surface area contributed by atoms with Crippen molar-refractivity contribution in [3.05, 3.63) is 95.2 Å². The number of carbonyl (C=O) groups excluding carboxylic acids is 2. The van der Waals surface area contributed by atoms with Crippen molar-refractivity contribution >= 4 is 23.3 Å². The SMILES string of the molecule is COc1cc(OC)c(/C=C/C(=O)Cc2ccc(OC)c(N/C=C\C(=O)c3ccc(C)cc3)c2)c(OC)c1. The van der Waals surface area contributed by atoms with Gasteiger partial charge in [-0.15, -0.1) is 0 Å². The van der Waals surface area contributed by atoms with Gasteiger partial charge in [-0.25, -0.2) is 0 Å². The van der Waals surface area contributed by atoms with Crippen molar-refractivity contribution in [2.75, 3.05) is 33.8 Å². The molecular weight excluding hydrogens is 470 g/mol. The fourth-order valence-electron chi connectivity index (χ4n) is 3.63. The summed E-state index contributed by atoms with van der Waals surface area (Å²) in [5.41, 5.74) is 3.76. The normalized spacial score (nSPS) is 10.9. The van der Waals surface area contributed by atoms with Gasteiger partial charge in [0.2, 0.25) is 0 Å². The van der Waals surface area contributed by atoms with Gasteiger partial charge in [0.1, 0.15) is 23.0 Å². The smallest absolute Gasteiger partial charge is 0.187 e. The summed E-state index contributed by atoms with van der Waals surface area (Å²) in [6.45, 7) is 1.97. The van der Waals surface area contributed by atoms with Crippen LogP contribution in [0.1, 0.15) is 27.0 Å². The number of allylic oxidation sites excluding steroid dienone is 2. The molecule has 0 aliphatic carbocycles. The fraction of sp³-hybridized carbons (Fsp3) is 0.200. The van der Waals surface area contributed by atoms with Gasteiger partial charge in [0, 0.05) is 36.4 Å². The molecule has 0 spiro atoms. The predicted octanol–water partition coefficient (Wildman–Crippen LogP) is 5.66. The van der Waals surface area contributed by atoms with Crippen molar-refractivity contribution in [2.24, 2.45) is 0 Å². The summed E-state index contributed by atoms with van der Waals surface area (Å²) in [5, 5.41) is 3.09. The van der Waals surface area contributed by atoms with Crippen LogP contribution in [0.25, 0.3) is 6.08 Å². The van der Waals surface area contributed by atoms with Crippen LogP contribution in [0.15, 0.2) is 72.9 Å². The van der Waals surface area contributed by atoms with Crippen LogP contribution in [0.5, 0.6) is 23.0 Å². The number of ketones is 2. The van der Waals surface area contributed by atoms with Gasteiger partial charge in [0.05, 0.1) is 39.7 Å². The number of ether oxygens (including phenoxy) is 4. The maximum Gasteiger partial charge on any atom is 0.187 e. The van der Waals surface area contributed by atoms with Gasteiger partial charge in [0.25, 0.3) is 0 Å². The Balaban J connectivity index is 1.72. The second-order valence-electron chi connectivity index (χ2n) is 8.16. The quantitative estimate of drug-likeness (QED) is 0.253. The Kier molecular flexibility index (Phi) is 9.49. The van der Waals surface area contributed by atoms with Crippen molar-refractivity contribution in [2.45, 2.75) is 13.3 Å². The zero-order valence-electron chi connectivity index (χ0n) is 21.7. The van der Waals surface area contributed by atoms with Crippen molar-refractivity contribution in [1.29, 1.82) is 0 Å². The Morgan fingerprint density at radius 1 is 0.784 bits per heavy atom. The molecule has 1 N–H and O–H groups in total. The number of hydrogen-bond donors (Lipinski definition) is 1. The van der Waals surface area contributed by atoms with Gasteiger partial charge < -0.3 is 24.3 Å². The third-order valence-electron chi connectivity index (χ3n) is 5.64. The minimum absolute atomic E-state index is 0.110. The first-order valence-corrected chi connectivity index (χ1v) is 11.6. The van der Waals surface area contributed by atoms with Gasteiger partial charge in [0.15, 0.2) is 11.6 Å². The van der Waals surface area contributed by atoms with E-state index in [1.54, 1.807) is 71.0 Å². The van der Waals surface area contributed by atoms with E-state index in [0.717, 1.165) is 11.1 Å². The summed E-state index contributed by atoms with van der Waals surface area (Å²) in [4.78, 5) is 25.1. The summed E-state index contributed by atoms with van der Waals surface area (Å²) in [5.74, 6) is 2.01. The topological polar surface area (TPSA) is 83.1 Å². The van der Waals surface area contributed by atoms with Gasteiger partial charge in [-0.1, -0.05) is 35.9 Å². The zero-order chi connectivity index (χ0) is 26.8. The first kappa shape index (κ1) is 27.1. The van der Waals surface area contributed by atoms with Crippen LogP contribution in [0.2, 0.25) is 0 Å². The Labute approximate surface area is 217 Å². The molecule has 192 valence electrons. The molecule has 0 saturated carbocycles. The second-order valence-corrected chi connectivity index (χ2v) is 8.16. The molecular formula is C30H31NO6. The van der Waals surface area contributed by atoms with Gasteiger partial charge in [-0.3, -0.25) is 9.59 Å². The minimum atomic E-state index is -0.118.